The fraction of sp³-hybridized carbons (Fsp3) is 0.731. The zero-order valence-corrected chi connectivity index (χ0v) is 19.5. The Kier molecular flexibility index (Phi) is 8.53. The second kappa shape index (κ2) is 11.8. The molecule has 32 heavy (non-hydrogen) atoms. The number of aromatic nitrogens is 1. The van der Waals surface area contributed by atoms with Gasteiger partial charge in [-0.3, -0.25) is 9.69 Å². The Morgan fingerprint density at radius 1 is 1.06 bits per heavy atom. The summed E-state index contributed by atoms with van der Waals surface area (Å²) in [5.41, 5.74) is 0.536. The van der Waals surface area contributed by atoms with Crippen LogP contribution in [0.2, 0.25) is 0 Å². The summed E-state index contributed by atoms with van der Waals surface area (Å²) >= 11 is 0. The molecule has 174 valence electrons. The number of likely N-dealkylation sites (tertiary alicyclic amines) is 1. The van der Waals surface area contributed by atoms with Crippen LogP contribution in [0.3, 0.4) is 0 Å². The predicted octanol–water partition coefficient (Wildman–Crippen LogP) is 3.97. The maximum Gasteiger partial charge on any atom is 0.231 e. The monoisotopic (exact) mass is 437 g/mol. The van der Waals surface area contributed by atoms with Crippen LogP contribution in [-0.2, 0) is 4.79 Å². The van der Waals surface area contributed by atoms with Gasteiger partial charge >= 0.3 is 0 Å². The number of amides is 1. The first-order chi connectivity index (χ1) is 15.7. The molecule has 1 saturated carbocycles. The number of nitrogens with zero attached hydrogens (tertiary/aromatic N) is 4. The lowest BCUT2D eigenvalue weighted by Gasteiger charge is -2.36. The van der Waals surface area contributed by atoms with E-state index in [0.29, 0.717) is 17.3 Å². The molecular weight excluding hydrogens is 398 g/mol. The molecule has 1 aromatic rings. The highest BCUT2D eigenvalue weighted by Crippen LogP contribution is 2.28. The first-order valence-electron chi connectivity index (χ1n) is 12.8. The molecule has 0 aromatic carbocycles. The Balaban J connectivity index is 1.31. The fourth-order valence-electron chi connectivity index (χ4n) is 5.74. The van der Waals surface area contributed by atoms with E-state index >= 15 is 0 Å². The van der Waals surface area contributed by atoms with Gasteiger partial charge in [0.2, 0.25) is 5.91 Å². The minimum absolute atomic E-state index is 0.0750. The van der Waals surface area contributed by atoms with Gasteiger partial charge in [-0.25, -0.2) is 4.98 Å². The van der Waals surface area contributed by atoms with Gasteiger partial charge in [-0.1, -0.05) is 19.3 Å². The number of nitrogens with one attached hydrogen (secondary N) is 1. The van der Waals surface area contributed by atoms with Crippen molar-refractivity contribution in [1.29, 1.82) is 5.26 Å². The Labute approximate surface area is 193 Å². The maximum absolute atomic E-state index is 13.4. The van der Waals surface area contributed by atoms with Crippen LogP contribution >= 0.6 is 0 Å². The summed E-state index contributed by atoms with van der Waals surface area (Å²) in [5.74, 6) is 2.58. The van der Waals surface area contributed by atoms with Crippen LogP contribution in [0.5, 0.6) is 0 Å². The highest BCUT2D eigenvalue weighted by atomic mass is 16.2. The van der Waals surface area contributed by atoms with E-state index in [1.165, 1.54) is 64.6 Å². The van der Waals surface area contributed by atoms with Crippen LogP contribution < -0.4 is 10.2 Å². The van der Waals surface area contributed by atoms with Crippen molar-refractivity contribution in [3.8, 4) is 6.07 Å². The normalized spacial score (nSPS) is 21.8. The first-order valence-corrected chi connectivity index (χ1v) is 12.8. The molecule has 3 aliphatic rings. The minimum Gasteiger partial charge on any atom is -0.317 e. The van der Waals surface area contributed by atoms with E-state index in [4.69, 9.17) is 5.26 Å². The van der Waals surface area contributed by atoms with Crippen LogP contribution in [0.15, 0.2) is 18.3 Å². The van der Waals surface area contributed by atoms with Crippen molar-refractivity contribution in [2.75, 3.05) is 44.2 Å². The van der Waals surface area contributed by atoms with Gasteiger partial charge in [0.25, 0.3) is 0 Å². The van der Waals surface area contributed by atoms with E-state index in [-0.39, 0.29) is 11.8 Å². The third-order valence-electron chi connectivity index (χ3n) is 7.82. The predicted molar refractivity (Wildman–Crippen MR) is 127 cm³/mol. The van der Waals surface area contributed by atoms with Crippen LogP contribution in [0.4, 0.5) is 5.82 Å². The molecular formula is C26H39N5O. The van der Waals surface area contributed by atoms with E-state index in [0.717, 1.165) is 44.8 Å². The molecule has 1 N–H and O–H groups in total. The van der Waals surface area contributed by atoms with Crippen molar-refractivity contribution < 1.29 is 4.79 Å². The number of nitriles is 1. The molecule has 6 heteroatoms. The Morgan fingerprint density at radius 2 is 1.81 bits per heavy atom. The lowest BCUT2D eigenvalue weighted by Crippen LogP contribution is -2.43. The molecule has 1 aliphatic carbocycles. The number of carbonyl (C=O) groups is 1. The second-order valence-electron chi connectivity index (χ2n) is 10.1. The number of rotatable bonds is 7. The molecule has 2 aliphatic heterocycles. The lowest BCUT2D eigenvalue weighted by atomic mass is 9.87. The topological polar surface area (TPSA) is 72.3 Å². The zero-order valence-electron chi connectivity index (χ0n) is 19.5. The summed E-state index contributed by atoms with van der Waals surface area (Å²) in [4.78, 5) is 22.4. The van der Waals surface area contributed by atoms with Crippen LogP contribution in [0, 0.1) is 29.1 Å². The Bertz CT molecular complexity index is 753. The summed E-state index contributed by atoms with van der Waals surface area (Å²) in [6.45, 7) is 6.25. The van der Waals surface area contributed by atoms with E-state index in [1.54, 1.807) is 12.3 Å². The van der Waals surface area contributed by atoms with Gasteiger partial charge in [-0.2, -0.15) is 5.26 Å². The minimum atomic E-state index is 0.0750. The van der Waals surface area contributed by atoms with E-state index in [1.807, 2.05) is 11.0 Å². The highest BCUT2D eigenvalue weighted by molar-refractivity contribution is 5.94. The molecule has 3 fully saturated rings. The largest absolute Gasteiger partial charge is 0.317 e. The van der Waals surface area contributed by atoms with Crippen molar-refractivity contribution in [3.63, 3.8) is 0 Å². The molecule has 0 atom stereocenters. The summed E-state index contributed by atoms with van der Waals surface area (Å²) < 4.78 is 0. The number of pyridine rings is 1. The number of piperidine rings is 2. The Morgan fingerprint density at radius 3 is 2.47 bits per heavy atom. The van der Waals surface area contributed by atoms with Gasteiger partial charge in [0.05, 0.1) is 5.56 Å². The number of anilines is 1. The van der Waals surface area contributed by atoms with E-state index in [9.17, 15) is 4.79 Å². The van der Waals surface area contributed by atoms with E-state index in [2.05, 4.69) is 21.3 Å². The smallest absolute Gasteiger partial charge is 0.231 e. The number of hydrogen-bond acceptors (Lipinski definition) is 5. The fourth-order valence-corrected chi connectivity index (χ4v) is 5.74. The van der Waals surface area contributed by atoms with Crippen LogP contribution in [0.25, 0.3) is 0 Å². The number of carbonyl (C=O) groups excluding carboxylic acids is 1. The van der Waals surface area contributed by atoms with Crippen molar-refractivity contribution in [3.05, 3.63) is 23.9 Å². The van der Waals surface area contributed by atoms with Crippen LogP contribution in [0.1, 0.15) is 69.8 Å². The standard InChI is InChI=1S/C26H39N5O/c27-18-23-6-7-25(29-19-23)31(26(32)24-8-13-28-14-9-24)17-12-21-10-15-30(16-11-21)20-22-4-2-1-3-5-22/h6-7,19,21-22,24,28H,1-5,8-17,20H2. The number of hydrogen-bond donors (Lipinski definition) is 1. The van der Waals surface area contributed by atoms with Gasteiger partial charge in [0.1, 0.15) is 11.9 Å². The van der Waals surface area contributed by atoms with Gasteiger partial charge in [-0.05, 0) is 95.1 Å². The van der Waals surface area contributed by atoms with E-state index < -0.39 is 0 Å². The third kappa shape index (κ3) is 6.30. The van der Waals surface area contributed by atoms with Crippen molar-refractivity contribution in [2.24, 2.45) is 17.8 Å². The molecule has 6 nitrogen and oxygen atoms in total. The summed E-state index contributed by atoms with van der Waals surface area (Å²) in [5, 5.41) is 12.5. The SMILES string of the molecule is N#Cc1ccc(N(CCC2CCN(CC3CCCCC3)CC2)C(=O)C2CCNCC2)nc1. The van der Waals surface area contributed by atoms with Gasteiger partial charge in [0, 0.05) is 25.2 Å². The van der Waals surface area contributed by atoms with Crippen molar-refractivity contribution >= 4 is 11.7 Å². The zero-order chi connectivity index (χ0) is 22.2. The summed E-state index contributed by atoms with van der Waals surface area (Å²) in [7, 11) is 0. The molecule has 0 bridgehead atoms. The van der Waals surface area contributed by atoms with Gasteiger partial charge in [-0.15, -0.1) is 0 Å². The molecule has 2 saturated heterocycles. The second-order valence-corrected chi connectivity index (χ2v) is 10.1. The molecule has 0 unspecified atom stereocenters. The van der Waals surface area contributed by atoms with Crippen molar-refractivity contribution in [1.82, 2.24) is 15.2 Å². The maximum atomic E-state index is 13.4. The summed E-state index contributed by atoms with van der Waals surface area (Å²) in [6, 6.07) is 5.73. The molecule has 0 spiro atoms. The first kappa shape index (κ1) is 23.2. The van der Waals surface area contributed by atoms with Crippen molar-refractivity contribution in [2.45, 2.75) is 64.2 Å². The van der Waals surface area contributed by atoms with Gasteiger partial charge in [0.15, 0.2) is 0 Å². The van der Waals surface area contributed by atoms with Crippen LogP contribution in [-0.4, -0.2) is 55.1 Å². The lowest BCUT2D eigenvalue weighted by molar-refractivity contribution is -0.123. The third-order valence-corrected chi connectivity index (χ3v) is 7.82. The molecule has 3 heterocycles. The highest BCUT2D eigenvalue weighted by Gasteiger charge is 2.29. The van der Waals surface area contributed by atoms with Gasteiger partial charge < -0.3 is 10.2 Å². The molecule has 1 aromatic heterocycles. The average molecular weight is 438 g/mol. The quantitative estimate of drug-likeness (QED) is 0.699. The Hall–Kier alpha value is -1.97. The molecule has 4 rings (SSSR count). The molecule has 1 amide bonds. The molecule has 0 radical (unpaired) electrons. The average Bonchev–Trinajstić information content (AvgIpc) is 2.86. The summed E-state index contributed by atoms with van der Waals surface area (Å²) in [6.07, 6.45) is 14.0.